The normalized spacial score (nSPS) is 19.8. The highest BCUT2D eigenvalue weighted by Gasteiger charge is 2.36. The van der Waals surface area contributed by atoms with Gasteiger partial charge in [0, 0.05) is 24.6 Å². The van der Waals surface area contributed by atoms with Crippen molar-refractivity contribution in [3.05, 3.63) is 28.8 Å². The minimum atomic E-state index is -4.64. The Balaban J connectivity index is 2.28. The third-order valence-electron chi connectivity index (χ3n) is 3.24. The Bertz CT molecular complexity index is 706. The summed E-state index contributed by atoms with van der Waals surface area (Å²) < 4.78 is 60.6. The summed E-state index contributed by atoms with van der Waals surface area (Å²) in [7, 11) is -3.75. The molecule has 1 amide bonds. The fourth-order valence-corrected chi connectivity index (χ4v) is 3.47. The van der Waals surface area contributed by atoms with Crippen LogP contribution >= 0.6 is 11.6 Å². The lowest BCUT2D eigenvalue weighted by Gasteiger charge is -2.19. The smallest absolute Gasteiger partial charge is 0.312 e. The molecule has 10 heteroatoms. The summed E-state index contributed by atoms with van der Waals surface area (Å²) in [6.07, 6.45) is -4.73. The van der Waals surface area contributed by atoms with E-state index in [1.165, 1.54) is 6.07 Å². The quantitative estimate of drug-likeness (QED) is 0.899. The zero-order valence-electron chi connectivity index (χ0n) is 11.1. The third kappa shape index (κ3) is 3.90. The molecule has 1 aromatic rings. The van der Waals surface area contributed by atoms with Crippen LogP contribution in [-0.4, -0.2) is 26.6 Å². The monoisotopic (exact) mass is 356 g/mol. The number of alkyl halides is 3. The molecule has 0 spiro atoms. The number of amides is 1. The Hall–Kier alpha value is -1.32. The molecule has 122 valence electrons. The average Bonchev–Trinajstić information content (AvgIpc) is 2.66. The number of nitrogens with zero attached hydrogens (tertiary/aromatic N) is 1. The number of rotatable bonds is 3. The van der Waals surface area contributed by atoms with E-state index in [1.807, 2.05) is 0 Å². The van der Waals surface area contributed by atoms with Gasteiger partial charge in [-0.15, -0.1) is 0 Å². The topological polar surface area (TPSA) is 80.5 Å². The van der Waals surface area contributed by atoms with Gasteiger partial charge in [-0.3, -0.25) is 4.79 Å². The molecular formula is C12H12ClF3N2O3S. The summed E-state index contributed by atoms with van der Waals surface area (Å²) in [6.45, 7) is -0.00576. The molecular weight excluding hydrogens is 345 g/mol. The number of carbonyl (C=O) groups excluding carboxylic acids is 1. The number of hydrogen-bond acceptors (Lipinski definition) is 3. The molecule has 0 radical (unpaired) electrons. The van der Waals surface area contributed by atoms with E-state index in [4.69, 9.17) is 16.7 Å². The summed E-state index contributed by atoms with van der Waals surface area (Å²) in [5, 5.41) is 4.45. The molecule has 0 saturated carbocycles. The van der Waals surface area contributed by atoms with Gasteiger partial charge in [0.1, 0.15) is 0 Å². The first-order valence-corrected chi connectivity index (χ1v) is 8.24. The van der Waals surface area contributed by atoms with Crippen LogP contribution in [0.4, 0.5) is 18.9 Å². The van der Waals surface area contributed by atoms with E-state index in [2.05, 4.69) is 0 Å². The number of benzene rings is 1. The van der Waals surface area contributed by atoms with Gasteiger partial charge in [0.2, 0.25) is 15.9 Å². The van der Waals surface area contributed by atoms with Crippen LogP contribution in [0.1, 0.15) is 12.0 Å². The first-order chi connectivity index (χ1) is 9.97. The van der Waals surface area contributed by atoms with Crippen LogP contribution in [0.2, 0.25) is 5.02 Å². The predicted octanol–water partition coefficient (Wildman–Crippen LogP) is 2.00. The number of primary sulfonamides is 1. The minimum absolute atomic E-state index is 0.00576. The molecule has 2 rings (SSSR count). The van der Waals surface area contributed by atoms with Crippen molar-refractivity contribution in [2.75, 3.05) is 17.2 Å². The molecule has 1 aromatic carbocycles. The van der Waals surface area contributed by atoms with Crippen molar-refractivity contribution in [1.82, 2.24) is 0 Å². The summed E-state index contributed by atoms with van der Waals surface area (Å²) in [5.41, 5.74) is -1.02. The van der Waals surface area contributed by atoms with Gasteiger partial charge in [0.15, 0.2) is 0 Å². The average molecular weight is 357 g/mol. The molecule has 1 heterocycles. The third-order valence-corrected chi connectivity index (χ3v) is 4.51. The lowest BCUT2D eigenvalue weighted by Crippen LogP contribution is -2.27. The second-order valence-corrected chi connectivity index (χ2v) is 7.13. The van der Waals surface area contributed by atoms with Gasteiger partial charge in [-0.1, -0.05) is 11.6 Å². The Morgan fingerprint density at radius 2 is 2.00 bits per heavy atom. The minimum Gasteiger partial charge on any atom is -0.312 e. The molecule has 1 atom stereocenters. The molecule has 1 fully saturated rings. The van der Waals surface area contributed by atoms with Gasteiger partial charge in [-0.2, -0.15) is 13.2 Å². The summed E-state index contributed by atoms with van der Waals surface area (Å²) in [5.74, 6) is -1.40. The Labute approximate surface area is 129 Å². The number of hydrogen-bond donors (Lipinski definition) is 1. The maximum absolute atomic E-state index is 12.8. The van der Waals surface area contributed by atoms with Crippen LogP contribution in [0.15, 0.2) is 18.2 Å². The lowest BCUT2D eigenvalue weighted by molar-refractivity contribution is -0.137. The maximum atomic E-state index is 12.8. The number of halogens is 4. The molecule has 2 N–H and O–H groups in total. The largest absolute Gasteiger partial charge is 0.417 e. The summed E-state index contributed by atoms with van der Waals surface area (Å²) in [4.78, 5) is 13.0. The number of sulfonamides is 1. The van der Waals surface area contributed by atoms with Crippen LogP contribution in [0, 0.1) is 5.92 Å². The Morgan fingerprint density at radius 3 is 2.55 bits per heavy atom. The molecule has 0 aliphatic carbocycles. The van der Waals surface area contributed by atoms with E-state index < -0.39 is 44.4 Å². The Morgan fingerprint density at radius 1 is 1.36 bits per heavy atom. The van der Waals surface area contributed by atoms with Gasteiger partial charge in [-0.05, 0) is 18.2 Å². The molecule has 0 bridgehead atoms. The molecule has 1 aliphatic rings. The van der Waals surface area contributed by atoms with Crippen LogP contribution in [0.5, 0.6) is 0 Å². The van der Waals surface area contributed by atoms with Crippen molar-refractivity contribution in [1.29, 1.82) is 0 Å². The fraction of sp³-hybridized carbons (Fsp3) is 0.417. The van der Waals surface area contributed by atoms with E-state index in [0.29, 0.717) is 0 Å². The standard InChI is InChI=1S/C12H12ClF3N2O3S/c13-10-2-1-8(4-9(10)12(14,15)16)18-5-7(3-11(18)19)6-22(17,20)21/h1-2,4,7H,3,5-6H2,(H2,17,20,21). The SMILES string of the molecule is NS(=O)(=O)CC1CC(=O)N(c2ccc(Cl)c(C(F)(F)F)c2)C1. The van der Waals surface area contributed by atoms with Crippen LogP contribution < -0.4 is 10.0 Å². The van der Waals surface area contributed by atoms with E-state index in [-0.39, 0.29) is 18.7 Å². The fourth-order valence-electron chi connectivity index (χ4n) is 2.37. The molecule has 1 aliphatic heterocycles. The van der Waals surface area contributed by atoms with E-state index in [9.17, 15) is 26.4 Å². The number of carbonyl (C=O) groups is 1. The first-order valence-electron chi connectivity index (χ1n) is 6.15. The maximum Gasteiger partial charge on any atom is 0.417 e. The second-order valence-electron chi connectivity index (χ2n) is 5.07. The van der Waals surface area contributed by atoms with E-state index in [1.54, 1.807) is 0 Å². The van der Waals surface area contributed by atoms with Crippen LogP contribution in [0.3, 0.4) is 0 Å². The van der Waals surface area contributed by atoms with Gasteiger partial charge in [0.05, 0.1) is 16.3 Å². The van der Waals surface area contributed by atoms with Crippen molar-refractivity contribution in [3.8, 4) is 0 Å². The van der Waals surface area contributed by atoms with Crippen molar-refractivity contribution < 1.29 is 26.4 Å². The second kappa shape index (κ2) is 5.71. The lowest BCUT2D eigenvalue weighted by atomic mass is 10.1. The van der Waals surface area contributed by atoms with Crippen molar-refractivity contribution in [3.63, 3.8) is 0 Å². The van der Waals surface area contributed by atoms with Gasteiger partial charge in [0.25, 0.3) is 0 Å². The van der Waals surface area contributed by atoms with E-state index >= 15 is 0 Å². The van der Waals surface area contributed by atoms with Gasteiger partial charge in [-0.25, -0.2) is 13.6 Å². The van der Waals surface area contributed by atoms with E-state index in [0.717, 1.165) is 17.0 Å². The van der Waals surface area contributed by atoms with Gasteiger partial charge >= 0.3 is 6.18 Å². The highest BCUT2D eigenvalue weighted by molar-refractivity contribution is 7.89. The molecule has 1 saturated heterocycles. The summed E-state index contributed by atoms with van der Waals surface area (Å²) >= 11 is 5.52. The van der Waals surface area contributed by atoms with Crippen molar-refractivity contribution in [2.45, 2.75) is 12.6 Å². The zero-order valence-corrected chi connectivity index (χ0v) is 12.7. The molecule has 0 aromatic heterocycles. The molecule has 5 nitrogen and oxygen atoms in total. The zero-order chi connectivity index (χ0) is 16.7. The molecule has 22 heavy (non-hydrogen) atoms. The summed E-state index contributed by atoms with van der Waals surface area (Å²) in [6, 6.07) is 3.12. The Kier molecular flexibility index (Phi) is 4.42. The first kappa shape index (κ1) is 17.0. The van der Waals surface area contributed by atoms with Crippen LogP contribution in [0.25, 0.3) is 0 Å². The number of nitrogens with two attached hydrogens (primary N) is 1. The van der Waals surface area contributed by atoms with Crippen LogP contribution in [-0.2, 0) is 21.0 Å². The van der Waals surface area contributed by atoms with Crippen molar-refractivity contribution in [2.24, 2.45) is 11.1 Å². The number of anilines is 1. The van der Waals surface area contributed by atoms with Gasteiger partial charge < -0.3 is 4.90 Å². The highest BCUT2D eigenvalue weighted by Crippen LogP contribution is 2.38. The highest BCUT2D eigenvalue weighted by atomic mass is 35.5. The van der Waals surface area contributed by atoms with Crippen molar-refractivity contribution >= 4 is 33.2 Å². The molecule has 1 unspecified atom stereocenters. The predicted molar refractivity (Wildman–Crippen MR) is 74.9 cm³/mol.